The zero-order valence-corrected chi connectivity index (χ0v) is 15.3. The van der Waals surface area contributed by atoms with Gasteiger partial charge in [-0.15, -0.1) is 10.2 Å². The van der Waals surface area contributed by atoms with Crippen molar-refractivity contribution in [1.29, 1.82) is 0 Å². The number of rotatable bonds is 6. The summed E-state index contributed by atoms with van der Waals surface area (Å²) in [5.74, 6) is 0.957. The molecule has 0 spiro atoms. The molecule has 7 nitrogen and oxygen atoms in total. The van der Waals surface area contributed by atoms with E-state index < -0.39 is 10.0 Å². The van der Waals surface area contributed by atoms with E-state index in [1.807, 2.05) is 0 Å². The third kappa shape index (κ3) is 4.32. The Kier molecular flexibility index (Phi) is 5.29. The molecule has 0 bridgehead atoms. The largest absolute Gasteiger partial charge is 0.495 e. The summed E-state index contributed by atoms with van der Waals surface area (Å²) in [6, 6.07) is 8.07. The van der Waals surface area contributed by atoms with Crippen molar-refractivity contribution < 1.29 is 13.2 Å². The molecule has 1 aromatic carbocycles. The number of ether oxygens (including phenoxy) is 1. The summed E-state index contributed by atoms with van der Waals surface area (Å²) in [6.07, 6.45) is 4.66. The number of nitrogens with one attached hydrogen (secondary N) is 2. The van der Waals surface area contributed by atoms with Crippen LogP contribution in [0.3, 0.4) is 0 Å². The maximum absolute atomic E-state index is 12.6. The fourth-order valence-corrected chi connectivity index (χ4v) is 4.23. The molecule has 1 aliphatic carbocycles. The Morgan fingerprint density at radius 3 is 2.44 bits per heavy atom. The van der Waals surface area contributed by atoms with Gasteiger partial charge in [-0.2, -0.15) is 0 Å². The van der Waals surface area contributed by atoms with Crippen LogP contribution in [-0.2, 0) is 10.0 Å². The van der Waals surface area contributed by atoms with Gasteiger partial charge in [0.1, 0.15) is 16.5 Å². The zero-order valence-electron chi connectivity index (χ0n) is 13.7. The highest BCUT2D eigenvalue weighted by molar-refractivity contribution is 7.92. The summed E-state index contributed by atoms with van der Waals surface area (Å²) < 4.78 is 32.6. The van der Waals surface area contributed by atoms with Crippen molar-refractivity contribution in [3.05, 3.63) is 35.4 Å². The summed E-state index contributed by atoms with van der Waals surface area (Å²) in [7, 11) is -2.50. The minimum atomic E-state index is -3.90. The Hall–Kier alpha value is -2.06. The molecule has 2 N–H and O–H groups in total. The van der Waals surface area contributed by atoms with Crippen LogP contribution in [0, 0.1) is 0 Å². The summed E-state index contributed by atoms with van der Waals surface area (Å²) in [4.78, 5) is -0.0579. The zero-order chi connectivity index (χ0) is 17.9. The number of anilines is 2. The smallest absolute Gasteiger partial charge is 0.266 e. The quantitative estimate of drug-likeness (QED) is 0.796. The summed E-state index contributed by atoms with van der Waals surface area (Å²) in [5, 5.41) is 11.6. The van der Waals surface area contributed by atoms with Crippen LogP contribution in [0.1, 0.15) is 25.7 Å². The first-order chi connectivity index (χ1) is 12.0. The molecule has 1 aromatic heterocycles. The molecule has 1 saturated carbocycles. The van der Waals surface area contributed by atoms with Crippen molar-refractivity contribution in [3.63, 3.8) is 0 Å². The van der Waals surface area contributed by atoms with Gasteiger partial charge in [-0.3, -0.25) is 4.72 Å². The molecule has 25 heavy (non-hydrogen) atoms. The van der Waals surface area contributed by atoms with Crippen molar-refractivity contribution in [1.82, 2.24) is 10.2 Å². The number of nitrogens with zero attached hydrogens (tertiary/aromatic N) is 2. The van der Waals surface area contributed by atoms with E-state index in [0.717, 1.165) is 12.8 Å². The number of hydrogen-bond donors (Lipinski definition) is 2. The van der Waals surface area contributed by atoms with Crippen molar-refractivity contribution in [2.24, 2.45) is 0 Å². The van der Waals surface area contributed by atoms with Crippen LogP contribution in [0.5, 0.6) is 5.75 Å². The van der Waals surface area contributed by atoms with E-state index in [2.05, 4.69) is 20.2 Å². The monoisotopic (exact) mass is 382 g/mol. The number of sulfonamides is 1. The first-order valence-electron chi connectivity index (χ1n) is 7.94. The van der Waals surface area contributed by atoms with Crippen LogP contribution in [-0.4, -0.2) is 31.8 Å². The molecule has 0 radical (unpaired) electrons. The highest BCUT2D eigenvalue weighted by Gasteiger charge is 2.21. The molecule has 0 amide bonds. The highest BCUT2D eigenvalue weighted by atomic mass is 35.5. The van der Waals surface area contributed by atoms with Crippen molar-refractivity contribution in [2.75, 3.05) is 17.1 Å². The first kappa shape index (κ1) is 17.8. The third-order valence-corrected chi connectivity index (χ3v) is 5.64. The van der Waals surface area contributed by atoms with Gasteiger partial charge in [0.25, 0.3) is 10.0 Å². The van der Waals surface area contributed by atoms with Crippen LogP contribution >= 0.6 is 11.6 Å². The minimum absolute atomic E-state index is 0.0579. The highest BCUT2D eigenvalue weighted by Crippen LogP contribution is 2.28. The molecule has 1 fully saturated rings. The van der Waals surface area contributed by atoms with Gasteiger partial charge in [-0.25, -0.2) is 8.42 Å². The molecule has 9 heteroatoms. The lowest BCUT2D eigenvalue weighted by Crippen LogP contribution is -2.17. The Morgan fingerprint density at radius 1 is 1.12 bits per heavy atom. The molecule has 134 valence electrons. The predicted octanol–water partition coefficient (Wildman–Crippen LogP) is 3.29. The summed E-state index contributed by atoms with van der Waals surface area (Å²) >= 11 is 5.90. The fourth-order valence-electron chi connectivity index (χ4n) is 2.80. The number of aromatic nitrogens is 2. The number of benzene rings is 1. The van der Waals surface area contributed by atoms with Crippen LogP contribution in [0.2, 0.25) is 5.02 Å². The van der Waals surface area contributed by atoms with Crippen molar-refractivity contribution in [2.45, 2.75) is 36.6 Å². The Labute approximate surface area is 151 Å². The second-order valence-corrected chi connectivity index (χ2v) is 7.92. The van der Waals surface area contributed by atoms with Crippen LogP contribution in [0.25, 0.3) is 0 Å². The normalized spacial score (nSPS) is 15.1. The lowest BCUT2D eigenvalue weighted by Gasteiger charge is -2.13. The second kappa shape index (κ2) is 7.45. The topological polar surface area (TPSA) is 93.2 Å². The van der Waals surface area contributed by atoms with Crippen LogP contribution in [0.4, 0.5) is 11.6 Å². The average molecular weight is 383 g/mol. The summed E-state index contributed by atoms with van der Waals surface area (Å²) in [5.41, 5.74) is 0. The Bertz CT molecular complexity index is 837. The molecule has 1 heterocycles. The van der Waals surface area contributed by atoms with Gasteiger partial charge in [0.2, 0.25) is 0 Å². The summed E-state index contributed by atoms with van der Waals surface area (Å²) in [6.45, 7) is 0. The minimum Gasteiger partial charge on any atom is -0.495 e. The molecule has 0 aliphatic heterocycles. The van der Waals surface area contributed by atoms with E-state index in [1.54, 1.807) is 18.2 Å². The van der Waals surface area contributed by atoms with Gasteiger partial charge in [0.15, 0.2) is 5.82 Å². The first-order valence-corrected chi connectivity index (χ1v) is 9.81. The van der Waals surface area contributed by atoms with Gasteiger partial charge in [0.05, 0.1) is 7.11 Å². The second-order valence-electron chi connectivity index (χ2n) is 5.83. The maximum atomic E-state index is 12.6. The number of halogens is 1. The van der Waals surface area contributed by atoms with Gasteiger partial charge in [-0.1, -0.05) is 24.4 Å². The molecule has 3 rings (SSSR count). The van der Waals surface area contributed by atoms with E-state index in [-0.39, 0.29) is 16.5 Å². The standard InChI is InChI=1S/C16H19ClN4O3S/c1-24-13-7-6-11(17)10-14(13)25(22,23)21-16-9-8-15(19-20-16)18-12-4-2-3-5-12/h6-10,12H,2-5H2,1H3,(H,18,19)(H,20,21). The van der Waals surface area contributed by atoms with E-state index >= 15 is 0 Å². The van der Waals surface area contributed by atoms with Gasteiger partial charge < -0.3 is 10.1 Å². The van der Waals surface area contributed by atoms with Gasteiger partial charge in [0, 0.05) is 11.1 Å². The van der Waals surface area contributed by atoms with E-state index in [9.17, 15) is 8.42 Å². The number of methoxy groups -OCH3 is 1. The van der Waals surface area contributed by atoms with Gasteiger partial charge in [-0.05, 0) is 43.2 Å². The molecule has 1 aliphatic rings. The van der Waals surface area contributed by atoms with E-state index in [1.165, 1.54) is 32.1 Å². The number of hydrogen-bond acceptors (Lipinski definition) is 6. The Morgan fingerprint density at radius 2 is 1.80 bits per heavy atom. The molecule has 0 saturated heterocycles. The average Bonchev–Trinajstić information content (AvgIpc) is 3.09. The third-order valence-electron chi connectivity index (χ3n) is 4.03. The lowest BCUT2D eigenvalue weighted by molar-refractivity contribution is 0.403. The predicted molar refractivity (Wildman–Crippen MR) is 96.7 cm³/mol. The van der Waals surface area contributed by atoms with Crippen LogP contribution in [0.15, 0.2) is 35.2 Å². The fraction of sp³-hybridized carbons (Fsp3) is 0.375. The molecular weight excluding hydrogens is 364 g/mol. The maximum Gasteiger partial charge on any atom is 0.266 e. The van der Waals surface area contributed by atoms with Crippen molar-refractivity contribution in [3.8, 4) is 5.75 Å². The van der Waals surface area contributed by atoms with Gasteiger partial charge >= 0.3 is 0 Å². The van der Waals surface area contributed by atoms with Crippen LogP contribution < -0.4 is 14.8 Å². The Balaban J connectivity index is 1.75. The molecule has 2 aromatic rings. The SMILES string of the molecule is COc1ccc(Cl)cc1S(=O)(=O)Nc1ccc(NC2CCCC2)nn1. The lowest BCUT2D eigenvalue weighted by atomic mass is 10.2. The molecular formula is C16H19ClN4O3S. The molecule has 0 atom stereocenters. The van der Waals surface area contributed by atoms with E-state index in [0.29, 0.717) is 16.9 Å². The van der Waals surface area contributed by atoms with E-state index in [4.69, 9.17) is 16.3 Å². The molecule has 0 unspecified atom stereocenters. The van der Waals surface area contributed by atoms with Crippen molar-refractivity contribution >= 4 is 33.3 Å².